The molecule has 176 valence electrons. The molecule has 0 aliphatic carbocycles. The zero-order valence-electron chi connectivity index (χ0n) is 18.8. The standard InChI is InChI=1S/C25H20N4O5S/c1-29(20-9-3-17(16-26)4-10-20)35(31,32)22-13-7-19(8-14-22)27-25(30)23-15-24(34-28-23)18-5-11-21(33-2)12-6-18/h3-15H,1-2H3,(H,27,30). The van der Waals surface area contributed by atoms with Crippen LogP contribution < -0.4 is 14.4 Å². The van der Waals surface area contributed by atoms with E-state index in [1.807, 2.05) is 6.07 Å². The summed E-state index contributed by atoms with van der Waals surface area (Å²) in [5.41, 5.74) is 2.05. The molecule has 0 aliphatic rings. The summed E-state index contributed by atoms with van der Waals surface area (Å²) in [6.07, 6.45) is 0. The molecule has 0 saturated heterocycles. The highest BCUT2D eigenvalue weighted by molar-refractivity contribution is 7.92. The fraction of sp³-hybridized carbons (Fsp3) is 0.0800. The predicted octanol–water partition coefficient (Wildman–Crippen LogP) is 4.30. The highest BCUT2D eigenvalue weighted by atomic mass is 32.2. The van der Waals surface area contributed by atoms with Gasteiger partial charge >= 0.3 is 0 Å². The number of hydrogen-bond donors (Lipinski definition) is 1. The Kier molecular flexibility index (Phi) is 6.53. The van der Waals surface area contributed by atoms with Gasteiger partial charge in [-0.3, -0.25) is 9.10 Å². The third-order valence-corrected chi connectivity index (χ3v) is 7.05. The fourth-order valence-electron chi connectivity index (χ4n) is 3.22. The minimum atomic E-state index is -3.84. The quantitative estimate of drug-likeness (QED) is 0.411. The molecule has 0 radical (unpaired) electrons. The number of amides is 1. The molecule has 0 fully saturated rings. The van der Waals surface area contributed by atoms with E-state index in [1.165, 1.54) is 37.4 Å². The number of rotatable bonds is 7. The second-order valence-corrected chi connectivity index (χ2v) is 9.38. The zero-order valence-corrected chi connectivity index (χ0v) is 19.6. The maximum atomic E-state index is 13.0. The molecule has 1 N–H and O–H groups in total. The van der Waals surface area contributed by atoms with Crippen LogP contribution in [0.15, 0.2) is 88.3 Å². The lowest BCUT2D eigenvalue weighted by molar-refractivity contribution is 0.101. The summed E-state index contributed by atoms with van der Waals surface area (Å²) in [6, 6.07) is 22.6. The van der Waals surface area contributed by atoms with Gasteiger partial charge in [0.2, 0.25) is 0 Å². The zero-order chi connectivity index (χ0) is 25.0. The highest BCUT2D eigenvalue weighted by Crippen LogP contribution is 2.25. The van der Waals surface area contributed by atoms with Crippen molar-refractivity contribution in [1.82, 2.24) is 5.16 Å². The van der Waals surface area contributed by atoms with E-state index in [-0.39, 0.29) is 10.6 Å². The SMILES string of the molecule is COc1ccc(-c2cc(C(=O)Nc3ccc(S(=O)(=O)N(C)c4ccc(C#N)cc4)cc3)no2)cc1. The van der Waals surface area contributed by atoms with Crippen LogP contribution in [-0.2, 0) is 10.0 Å². The maximum absolute atomic E-state index is 13.0. The van der Waals surface area contributed by atoms with Crippen molar-refractivity contribution in [3.05, 3.63) is 90.1 Å². The molecular formula is C25H20N4O5S. The molecule has 0 atom stereocenters. The molecule has 0 aliphatic heterocycles. The van der Waals surface area contributed by atoms with Crippen molar-refractivity contribution < 1.29 is 22.5 Å². The van der Waals surface area contributed by atoms with Gasteiger partial charge in [0.15, 0.2) is 11.5 Å². The number of ether oxygens (including phenoxy) is 1. The highest BCUT2D eigenvalue weighted by Gasteiger charge is 2.21. The van der Waals surface area contributed by atoms with E-state index in [9.17, 15) is 13.2 Å². The van der Waals surface area contributed by atoms with E-state index in [1.54, 1.807) is 55.6 Å². The number of benzene rings is 3. The Hall–Kier alpha value is -4.62. The van der Waals surface area contributed by atoms with Crippen molar-refractivity contribution in [2.45, 2.75) is 4.90 Å². The number of nitrogens with one attached hydrogen (secondary N) is 1. The van der Waals surface area contributed by atoms with E-state index >= 15 is 0 Å². The van der Waals surface area contributed by atoms with Crippen LogP contribution in [0.4, 0.5) is 11.4 Å². The van der Waals surface area contributed by atoms with Crippen LogP contribution in [0.2, 0.25) is 0 Å². The molecular weight excluding hydrogens is 468 g/mol. The van der Waals surface area contributed by atoms with Gasteiger partial charge in [0.25, 0.3) is 15.9 Å². The number of aromatic nitrogens is 1. The van der Waals surface area contributed by atoms with Crippen molar-refractivity contribution in [1.29, 1.82) is 5.26 Å². The Labute approximate surface area is 202 Å². The van der Waals surface area contributed by atoms with E-state index in [4.69, 9.17) is 14.5 Å². The van der Waals surface area contributed by atoms with Gasteiger partial charge in [0.1, 0.15) is 5.75 Å². The van der Waals surface area contributed by atoms with Gasteiger partial charge in [-0.1, -0.05) is 5.16 Å². The van der Waals surface area contributed by atoms with E-state index in [0.29, 0.717) is 28.4 Å². The van der Waals surface area contributed by atoms with Crippen LogP contribution in [-0.4, -0.2) is 33.6 Å². The molecule has 9 nitrogen and oxygen atoms in total. The van der Waals surface area contributed by atoms with Gasteiger partial charge < -0.3 is 14.6 Å². The van der Waals surface area contributed by atoms with Gasteiger partial charge in [0, 0.05) is 24.4 Å². The molecule has 0 spiro atoms. The van der Waals surface area contributed by atoms with Crippen LogP contribution in [0.3, 0.4) is 0 Å². The average molecular weight is 489 g/mol. The third-order valence-electron chi connectivity index (χ3n) is 5.25. The van der Waals surface area contributed by atoms with Crippen molar-refractivity contribution in [3.8, 4) is 23.1 Å². The topological polar surface area (TPSA) is 126 Å². The molecule has 1 aromatic heterocycles. The van der Waals surface area contributed by atoms with Gasteiger partial charge in [-0.2, -0.15) is 5.26 Å². The van der Waals surface area contributed by atoms with Gasteiger partial charge in [0.05, 0.1) is 29.3 Å². The minimum absolute atomic E-state index is 0.0468. The largest absolute Gasteiger partial charge is 0.497 e. The summed E-state index contributed by atoms with van der Waals surface area (Å²) in [5.74, 6) is 0.615. The average Bonchev–Trinajstić information content (AvgIpc) is 3.39. The molecule has 1 amide bonds. The first-order valence-corrected chi connectivity index (χ1v) is 11.8. The van der Waals surface area contributed by atoms with E-state index in [2.05, 4.69) is 10.5 Å². The van der Waals surface area contributed by atoms with Crippen LogP contribution in [0.1, 0.15) is 16.1 Å². The normalized spacial score (nSPS) is 10.9. The smallest absolute Gasteiger partial charge is 0.277 e. The molecule has 10 heteroatoms. The predicted molar refractivity (Wildman–Crippen MR) is 130 cm³/mol. The summed E-state index contributed by atoms with van der Waals surface area (Å²) in [7, 11) is -0.841. The summed E-state index contributed by atoms with van der Waals surface area (Å²) in [5, 5.41) is 15.4. The van der Waals surface area contributed by atoms with Crippen LogP contribution >= 0.6 is 0 Å². The van der Waals surface area contributed by atoms with Crippen molar-refractivity contribution in [3.63, 3.8) is 0 Å². The number of carbonyl (C=O) groups excluding carboxylic acids is 1. The second kappa shape index (κ2) is 9.70. The third kappa shape index (κ3) is 5.00. The number of hydrogen-bond acceptors (Lipinski definition) is 7. The number of carbonyl (C=O) groups is 1. The Morgan fingerprint density at radius 2 is 1.69 bits per heavy atom. The van der Waals surface area contributed by atoms with Crippen molar-refractivity contribution in [2.75, 3.05) is 23.8 Å². The lowest BCUT2D eigenvalue weighted by Crippen LogP contribution is -2.26. The Bertz CT molecular complexity index is 1490. The van der Waals surface area contributed by atoms with Gasteiger partial charge in [-0.25, -0.2) is 8.42 Å². The van der Waals surface area contributed by atoms with Crippen LogP contribution in [0.5, 0.6) is 5.75 Å². The Morgan fingerprint density at radius 1 is 1.03 bits per heavy atom. The lowest BCUT2D eigenvalue weighted by Gasteiger charge is -2.19. The second-order valence-electron chi connectivity index (χ2n) is 7.41. The van der Waals surface area contributed by atoms with E-state index < -0.39 is 15.9 Å². The first kappa shape index (κ1) is 23.5. The molecule has 0 unspecified atom stereocenters. The minimum Gasteiger partial charge on any atom is -0.497 e. The fourth-order valence-corrected chi connectivity index (χ4v) is 4.42. The molecule has 4 aromatic rings. The van der Waals surface area contributed by atoms with Crippen molar-refractivity contribution >= 4 is 27.3 Å². The molecule has 35 heavy (non-hydrogen) atoms. The molecule has 0 bridgehead atoms. The van der Waals surface area contributed by atoms with E-state index in [0.717, 1.165) is 9.87 Å². The van der Waals surface area contributed by atoms with Crippen LogP contribution in [0, 0.1) is 11.3 Å². The maximum Gasteiger partial charge on any atom is 0.277 e. The van der Waals surface area contributed by atoms with Gasteiger partial charge in [-0.05, 0) is 72.8 Å². The van der Waals surface area contributed by atoms with Gasteiger partial charge in [-0.15, -0.1) is 0 Å². The number of anilines is 2. The number of nitrogens with zero attached hydrogens (tertiary/aromatic N) is 3. The summed E-state index contributed by atoms with van der Waals surface area (Å²) < 4.78 is 37.5. The number of nitriles is 1. The monoisotopic (exact) mass is 488 g/mol. The molecule has 0 saturated carbocycles. The number of methoxy groups -OCH3 is 1. The first-order chi connectivity index (χ1) is 16.8. The van der Waals surface area contributed by atoms with Crippen molar-refractivity contribution in [2.24, 2.45) is 0 Å². The first-order valence-electron chi connectivity index (χ1n) is 10.3. The lowest BCUT2D eigenvalue weighted by atomic mass is 10.1. The molecule has 1 heterocycles. The summed E-state index contributed by atoms with van der Waals surface area (Å²) in [6.45, 7) is 0. The number of sulfonamides is 1. The Morgan fingerprint density at radius 3 is 2.29 bits per heavy atom. The molecule has 4 rings (SSSR count). The molecule has 3 aromatic carbocycles. The summed E-state index contributed by atoms with van der Waals surface area (Å²) in [4.78, 5) is 12.6. The Balaban J connectivity index is 1.45. The van der Waals surface area contributed by atoms with Crippen LogP contribution in [0.25, 0.3) is 11.3 Å². The summed E-state index contributed by atoms with van der Waals surface area (Å²) >= 11 is 0.